The van der Waals surface area contributed by atoms with E-state index in [1.165, 1.54) is 22.7 Å². The second-order valence-corrected chi connectivity index (χ2v) is 11.3. The molecule has 138 valence electrons. The maximum Gasteiger partial charge on any atom is 0.224 e. The van der Waals surface area contributed by atoms with Gasteiger partial charge in [-0.3, -0.25) is 4.57 Å². The number of hydrogen-bond donors (Lipinski definition) is 1. The summed E-state index contributed by atoms with van der Waals surface area (Å²) in [5.74, 6) is 0. The van der Waals surface area contributed by atoms with E-state index in [0.29, 0.717) is 9.88 Å². The van der Waals surface area contributed by atoms with Gasteiger partial charge in [0.1, 0.15) is 0 Å². The van der Waals surface area contributed by atoms with Gasteiger partial charge in [-0.1, -0.05) is 60.7 Å². The fourth-order valence-corrected chi connectivity index (χ4v) is 7.08. The molecule has 0 radical (unpaired) electrons. The van der Waals surface area contributed by atoms with Crippen LogP contribution in [0.3, 0.4) is 0 Å². The van der Waals surface area contributed by atoms with E-state index < -0.39 is 7.29 Å². The predicted octanol–water partition coefficient (Wildman–Crippen LogP) is 6.22. The molecule has 0 saturated heterocycles. The number of anilines is 1. The Hall–Kier alpha value is -2.53. The van der Waals surface area contributed by atoms with Gasteiger partial charge >= 0.3 is 0 Å². The van der Waals surface area contributed by atoms with Crippen LogP contribution in [0.2, 0.25) is 0 Å². The minimum atomic E-state index is -2.89. The summed E-state index contributed by atoms with van der Waals surface area (Å²) in [4.78, 5) is 9.35. The molecule has 0 saturated carbocycles. The minimum Gasteiger partial charge on any atom is -0.307 e. The summed E-state index contributed by atoms with van der Waals surface area (Å²) in [6, 6.07) is 22.3. The van der Waals surface area contributed by atoms with Crippen molar-refractivity contribution < 1.29 is 4.57 Å². The third-order valence-electron chi connectivity index (χ3n) is 4.52. The van der Waals surface area contributed by atoms with Crippen molar-refractivity contribution in [1.29, 1.82) is 0 Å². The van der Waals surface area contributed by atoms with Gasteiger partial charge in [0.25, 0.3) is 0 Å². The molecule has 7 heteroatoms. The topological polar surface area (TPSA) is 54.9 Å². The van der Waals surface area contributed by atoms with Gasteiger partial charge in [-0.2, -0.15) is 0 Å². The first kappa shape index (κ1) is 17.6. The highest BCUT2D eigenvalue weighted by molar-refractivity contribution is 7.77. The number of nitrogens with zero attached hydrogens (tertiary/aromatic N) is 2. The van der Waals surface area contributed by atoms with Gasteiger partial charge in [-0.05, 0) is 11.5 Å². The second kappa shape index (κ2) is 6.82. The summed E-state index contributed by atoms with van der Waals surface area (Å²) >= 11 is 2.94. The van der Waals surface area contributed by atoms with Crippen LogP contribution in [0, 0.1) is 0 Å². The molecule has 0 aliphatic rings. The van der Waals surface area contributed by atoms with Crippen molar-refractivity contribution in [2.24, 2.45) is 0 Å². The van der Waals surface area contributed by atoms with E-state index in [1.807, 2.05) is 47.8 Å². The van der Waals surface area contributed by atoms with Gasteiger partial charge in [-0.15, -0.1) is 22.7 Å². The van der Waals surface area contributed by atoms with Crippen LogP contribution in [0.4, 0.5) is 5.13 Å². The predicted molar refractivity (Wildman–Crippen MR) is 121 cm³/mol. The highest BCUT2D eigenvalue weighted by Gasteiger charge is 2.25. The lowest BCUT2D eigenvalue weighted by Crippen LogP contribution is -2.09. The molecule has 0 aliphatic carbocycles. The van der Waals surface area contributed by atoms with Crippen molar-refractivity contribution in [3.8, 4) is 11.3 Å². The Morgan fingerprint density at radius 2 is 1.71 bits per heavy atom. The molecule has 0 unspecified atom stereocenters. The second-order valence-electron chi connectivity index (χ2n) is 6.57. The molecule has 2 heterocycles. The monoisotopic (exact) mass is 421 g/mol. The van der Waals surface area contributed by atoms with Gasteiger partial charge in [0.2, 0.25) is 7.29 Å². The summed E-state index contributed by atoms with van der Waals surface area (Å²) in [5.41, 5.74) is 2.83. The first-order valence-electron chi connectivity index (χ1n) is 8.76. The molecular formula is C21H16N3OPS2. The summed E-state index contributed by atoms with van der Waals surface area (Å²) in [6.07, 6.45) is 0. The molecule has 3 aromatic carbocycles. The number of hydrogen-bond acceptors (Lipinski definition) is 5. The maximum absolute atomic E-state index is 13.4. The lowest BCUT2D eigenvalue weighted by atomic mass is 10.1. The van der Waals surface area contributed by atoms with Crippen LogP contribution in [0.5, 0.6) is 0 Å². The van der Waals surface area contributed by atoms with Crippen molar-refractivity contribution in [3.05, 3.63) is 72.1 Å². The molecule has 0 bridgehead atoms. The average molecular weight is 421 g/mol. The van der Waals surface area contributed by atoms with Gasteiger partial charge in [0.05, 0.1) is 15.9 Å². The van der Waals surface area contributed by atoms with E-state index in [4.69, 9.17) is 4.98 Å². The highest BCUT2D eigenvalue weighted by atomic mass is 32.1. The van der Waals surface area contributed by atoms with Crippen LogP contribution >= 0.6 is 30.0 Å². The van der Waals surface area contributed by atoms with E-state index >= 15 is 0 Å². The molecule has 4 nitrogen and oxygen atoms in total. The molecule has 5 aromatic rings. The van der Waals surface area contributed by atoms with Crippen LogP contribution in [-0.2, 0) is 4.57 Å². The Labute approximate surface area is 170 Å². The lowest BCUT2D eigenvalue weighted by molar-refractivity contribution is 0.588. The van der Waals surface area contributed by atoms with Crippen molar-refractivity contribution in [2.75, 3.05) is 11.8 Å². The molecule has 0 amide bonds. The van der Waals surface area contributed by atoms with E-state index in [-0.39, 0.29) is 0 Å². The SMILES string of the molecule is C[P@](=O)(Nc1nc(-c2ccccc2)cs1)c1nc2c(ccc3ccccc32)s1. The number of thiazole rings is 2. The van der Waals surface area contributed by atoms with E-state index in [0.717, 1.165) is 32.2 Å². The minimum absolute atomic E-state index is 0.621. The number of fused-ring (bicyclic) bond motifs is 3. The van der Waals surface area contributed by atoms with Gasteiger partial charge < -0.3 is 5.09 Å². The van der Waals surface area contributed by atoms with Crippen LogP contribution in [0.1, 0.15) is 0 Å². The highest BCUT2D eigenvalue weighted by Crippen LogP contribution is 2.44. The van der Waals surface area contributed by atoms with Crippen LogP contribution in [0.15, 0.2) is 72.1 Å². The Morgan fingerprint density at radius 1 is 0.929 bits per heavy atom. The molecule has 2 aromatic heterocycles. The molecule has 28 heavy (non-hydrogen) atoms. The fraction of sp³-hybridized carbons (Fsp3) is 0.0476. The zero-order chi connectivity index (χ0) is 19.1. The van der Waals surface area contributed by atoms with Crippen molar-refractivity contribution >= 4 is 60.8 Å². The lowest BCUT2D eigenvalue weighted by Gasteiger charge is -2.10. The number of nitrogens with one attached hydrogen (secondary N) is 1. The molecule has 0 aliphatic heterocycles. The van der Waals surface area contributed by atoms with E-state index in [2.05, 4.69) is 34.3 Å². The van der Waals surface area contributed by atoms with Crippen molar-refractivity contribution in [3.63, 3.8) is 0 Å². The zero-order valence-electron chi connectivity index (χ0n) is 15.0. The normalized spacial score (nSPS) is 13.6. The standard InChI is InChI=1S/C21H16N3OPS2/c1-26(25,24-20-22-17(13-27-20)15-8-3-2-4-9-15)21-23-19-16-10-6-5-7-14(16)11-12-18(19)28-21/h2-13H,1H3,(H,22,24,25)/t26-/m1/s1. The first-order chi connectivity index (χ1) is 13.6. The summed E-state index contributed by atoms with van der Waals surface area (Å²) < 4.78 is 15.1. The smallest absolute Gasteiger partial charge is 0.224 e. The van der Waals surface area contributed by atoms with E-state index in [9.17, 15) is 4.57 Å². The number of rotatable bonds is 4. The van der Waals surface area contributed by atoms with Gasteiger partial charge in [0, 0.05) is 23.0 Å². The summed E-state index contributed by atoms with van der Waals surface area (Å²) in [7, 11) is -2.89. The summed E-state index contributed by atoms with van der Waals surface area (Å²) in [5, 5.41) is 7.99. The Morgan fingerprint density at radius 3 is 2.57 bits per heavy atom. The van der Waals surface area contributed by atoms with Crippen LogP contribution in [-0.4, -0.2) is 16.6 Å². The first-order valence-corrected chi connectivity index (χ1v) is 12.6. The average Bonchev–Trinajstić information content (AvgIpc) is 3.36. The van der Waals surface area contributed by atoms with Gasteiger partial charge in [-0.25, -0.2) is 9.97 Å². The Balaban J connectivity index is 1.50. The third-order valence-corrected chi connectivity index (χ3v) is 9.04. The quantitative estimate of drug-likeness (QED) is 0.350. The largest absolute Gasteiger partial charge is 0.307 e. The molecule has 1 atom stereocenters. The van der Waals surface area contributed by atoms with E-state index in [1.54, 1.807) is 6.66 Å². The van der Waals surface area contributed by atoms with Crippen LogP contribution < -0.4 is 9.84 Å². The number of aromatic nitrogens is 2. The zero-order valence-corrected chi connectivity index (χ0v) is 17.5. The molecule has 0 fully saturated rings. The molecule has 5 rings (SSSR count). The molecule has 1 N–H and O–H groups in total. The van der Waals surface area contributed by atoms with Crippen LogP contribution in [0.25, 0.3) is 32.2 Å². The Bertz CT molecular complexity index is 1340. The maximum atomic E-state index is 13.4. The van der Waals surface area contributed by atoms with Crippen molar-refractivity contribution in [2.45, 2.75) is 0 Å². The Kier molecular flexibility index (Phi) is 4.27. The summed E-state index contributed by atoms with van der Waals surface area (Å²) in [6.45, 7) is 1.72. The van der Waals surface area contributed by atoms with Gasteiger partial charge in [0.15, 0.2) is 9.88 Å². The van der Waals surface area contributed by atoms with Crippen molar-refractivity contribution in [1.82, 2.24) is 9.97 Å². The molecule has 0 spiro atoms. The number of benzene rings is 3. The molecular weight excluding hydrogens is 405 g/mol. The third kappa shape index (κ3) is 3.14. The fourth-order valence-electron chi connectivity index (χ4n) is 3.13.